The predicted octanol–water partition coefficient (Wildman–Crippen LogP) is 0.186. The van der Waals surface area contributed by atoms with E-state index in [4.69, 9.17) is 21.3 Å². The molecule has 160 valence electrons. The first-order chi connectivity index (χ1) is 13.6. The summed E-state index contributed by atoms with van der Waals surface area (Å²) in [7, 11) is 0. The third-order valence-corrected chi connectivity index (χ3v) is 4.88. The number of primary amides is 1. The van der Waals surface area contributed by atoms with Crippen LogP contribution in [0.5, 0.6) is 5.88 Å². The smallest absolute Gasteiger partial charge is 0.354 e. The summed E-state index contributed by atoms with van der Waals surface area (Å²) in [6.07, 6.45) is 2.45. The van der Waals surface area contributed by atoms with Gasteiger partial charge in [-0.15, -0.1) is 0 Å². The molecule has 1 aromatic heterocycles. The molecule has 0 spiro atoms. The zero-order chi connectivity index (χ0) is 21.2. The SMILES string of the molecule is NC(=O)CC1(N)CNC1.O=C(O)c1ccc(N2CC(F)(F)C2)c(OCC2CC2)n1. The van der Waals surface area contributed by atoms with E-state index in [1.54, 1.807) is 0 Å². The topological polar surface area (TPSA) is 144 Å². The molecule has 2 aliphatic heterocycles. The van der Waals surface area contributed by atoms with Gasteiger partial charge in [-0.3, -0.25) is 4.79 Å². The van der Waals surface area contributed by atoms with Crippen LogP contribution in [0.4, 0.5) is 14.5 Å². The molecule has 1 aromatic rings. The number of anilines is 1. The number of nitrogens with two attached hydrogens (primary N) is 2. The summed E-state index contributed by atoms with van der Waals surface area (Å²) in [5.41, 5.74) is 10.5. The summed E-state index contributed by atoms with van der Waals surface area (Å²) in [6, 6.07) is 2.78. The van der Waals surface area contributed by atoms with Gasteiger partial charge in [0, 0.05) is 25.0 Å². The second kappa shape index (κ2) is 8.07. The standard InChI is InChI=1S/C13H14F2N2O3.C5H11N3O/c14-13(15)6-17(7-13)10-4-3-9(12(18)19)16-11(10)20-5-8-1-2-8;6-4(9)1-5(7)2-8-3-5/h3-4,8H,1-2,5-7H2,(H,18,19);8H,1-3,7H2,(H2,6,9). The fourth-order valence-electron chi connectivity index (χ4n) is 2.98. The Bertz CT molecular complexity index is 776. The van der Waals surface area contributed by atoms with Gasteiger partial charge in [-0.25, -0.2) is 18.6 Å². The van der Waals surface area contributed by atoms with Crippen LogP contribution in [0.2, 0.25) is 0 Å². The number of alkyl halides is 2. The van der Waals surface area contributed by atoms with Crippen LogP contribution in [0, 0.1) is 5.92 Å². The van der Waals surface area contributed by atoms with Crippen molar-refractivity contribution in [1.29, 1.82) is 0 Å². The molecule has 3 aliphatic rings. The molecular weight excluding hydrogens is 388 g/mol. The highest BCUT2D eigenvalue weighted by Gasteiger charge is 2.45. The first-order valence-electron chi connectivity index (χ1n) is 9.35. The van der Waals surface area contributed by atoms with E-state index in [0.717, 1.165) is 12.8 Å². The average Bonchev–Trinajstić information content (AvgIpc) is 3.40. The van der Waals surface area contributed by atoms with Crippen LogP contribution in [0.1, 0.15) is 29.8 Å². The third kappa shape index (κ3) is 5.73. The van der Waals surface area contributed by atoms with Gasteiger partial charge in [-0.1, -0.05) is 0 Å². The molecule has 29 heavy (non-hydrogen) atoms. The maximum atomic E-state index is 12.9. The fourth-order valence-corrected chi connectivity index (χ4v) is 2.98. The van der Waals surface area contributed by atoms with Gasteiger partial charge in [-0.2, -0.15) is 0 Å². The van der Waals surface area contributed by atoms with Gasteiger partial charge in [0.15, 0.2) is 5.69 Å². The van der Waals surface area contributed by atoms with E-state index in [2.05, 4.69) is 10.3 Å². The van der Waals surface area contributed by atoms with Crippen molar-refractivity contribution in [2.45, 2.75) is 30.7 Å². The number of carboxylic acid groups (broad SMARTS) is 1. The summed E-state index contributed by atoms with van der Waals surface area (Å²) in [5.74, 6) is -3.58. The summed E-state index contributed by atoms with van der Waals surface area (Å²) in [6.45, 7) is 1.08. The molecule has 2 saturated heterocycles. The van der Waals surface area contributed by atoms with Crippen molar-refractivity contribution in [3.63, 3.8) is 0 Å². The Labute approximate surface area is 166 Å². The summed E-state index contributed by atoms with van der Waals surface area (Å²) in [5, 5.41) is 11.9. The number of carbonyl (C=O) groups is 2. The maximum Gasteiger partial charge on any atom is 0.354 e. The highest BCUT2D eigenvalue weighted by atomic mass is 19.3. The first-order valence-corrected chi connectivity index (χ1v) is 9.35. The van der Waals surface area contributed by atoms with Crippen molar-refractivity contribution in [2.75, 3.05) is 37.7 Å². The normalized spacial score (nSPS) is 21.1. The lowest BCUT2D eigenvalue weighted by Gasteiger charge is -2.40. The van der Waals surface area contributed by atoms with Gasteiger partial charge in [0.2, 0.25) is 11.8 Å². The number of nitrogens with one attached hydrogen (secondary N) is 1. The van der Waals surface area contributed by atoms with Crippen molar-refractivity contribution in [3.05, 3.63) is 17.8 Å². The molecule has 0 unspecified atom stereocenters. The van der Waals surface area contributed by atoms with E-state index in [-0.39, 0.29) is 36.1 Å². The van der Waals surface area contributed by atoms with Crippen LogP contribution >= 0.6 is 0 Å². The Hall–Kier alpha value is -2.53. The Morgan fingerprint density at radius 1 is 1.31 bits per heavy atom. The highest BCUT2D eigenvalue weighted by molar-refractivity contribution is 5.86. The second-order valence-corrected chi connectivity index (χ2v) is 7.90. The van der Waals surface area contributed by atoms with Gasteiger partial charge >= 0.3 is 5.97 Å². The molecule has 1 aliphatic carbocycles. The number of hydrogen-bond donors (Lipinski definition) is 4. The van der Waals surface area contributed by atoms with Gasteiger partial charge in [0.05, 0.1) is 19.7 Å². The van der Waals surface area contributed by atoms with E-state index in [1.807, 2.05) is 0 Å². The molecule has 0 radical (unpaired) electrons. The number of nitrogens with zero attached hydrogens (tertiary/aromatic N) is 2. The lowest BCUT2D eigenvalue weighted by atomic mass is 9.90. The van der Waals surface area contributed by atoms with Crippen LogP contribution in [0.25, 0.3) is 0 Å². The van der Waals surface area contributed by atoms with E-state index in [9.17, 15) is 18.4 Å². The molecule has 11 heteroatoms. The van der Waals surface area contributed by atoms with Crippen LogP contribution in [0.3, 0.4) is 0 Å². The number of carbonyl (C=O) groups excluding carboxylic acids is 1. The highest BCUT2D eigenvalue weighted by Crippen LogP contribution is 2.37. The molecule has 1 saturated carbocycles. The Morgan fingerprint density at radius 3 is 2.38 bits per heavy atom. The van der Waals surface area contributed by atoms with Crippen molar-refractivity contribution < 1.29 is 28.2 Å². The molecule has 3 heterocycles. The van der Waals surface area contributed by atoms with Crippen LogP contribution < -0.4 is 26.4 Å². The zero-order valence-electron chi connectivity index (χ0n) is 15.9. The van der Waals surface area contributed by atoms with Crippen molar-refractivity contribution in [2.24, 2.45) is 17.4 Å². The number of aromatic nitrogens is 1. The minimum Gasteiger partial charge on any atom is -0.477 e. The van der Waals surface area contributed by atoms with Crippen LogP contribution in [-0.4, -0.2) is 66.2 Å². The number of hydrogen-bond acceptors (Lipinski definition) is 7. The van der Waals surface area contributed by atoms with Gasteiger partial charge < -0.3 is 31.5 Å². The van der Waals surface area contributed by atoms with Gasteiger partial charge in [0.25, 0.3) is 5.92 Å². The fraction of sp³-hybridized carbons (Fsp3) is 0.611. The predicted molar refractivity (Wildman–Crippen MR) is 100 cm³/mol. The van der Waals surface area contributed by atoms with E-state index in [1.165, 1.54) is 17.0 Å². The van der Waals surface area contributed by atoms with Crippen LogP contribution in [-0.2, 0) is 4.79 Å². The zero-order valence-corrected chi connectivity index (χ0v) is 15.9. The molecule has 0 atom stereocenters. The third-order valence-electron chi connectivity index (χ3n) is 4.88. The first kappa shape index (κ1) is 21.2. The monoisotopic (exact) mass is 413 g/mol. The van der Waals surface area contributed by atoms with Crippen LogP contribution in [0.15, 0.2) is 12.1 Å². The Kier molecular flexibility index (Phi) is 5.90. The Morgan fingerprint density at radius 2 is 1.97 bits per heavy atom. The minimum atomic E-state index is -2.70. The number of carboxylic acids is 1. The summed E-state index contributed by atoms with van der Waals surface area (Å²) < 4.78 is 31.4. The molecule has 3 fully saturated rings. The number of pyridine rings is 1. The molecule has 1 amide bonds. The molecule has 4 rings (SSSR count). The van der Waals surface area contributed by atoms with Gasteiger partial charge in [0.1, 0.15) is 5.69 Å². The maximum absolute atomic E-state index is 12.9. The summed E-state index contributed by atoms with van der Waals surface area (Å²) >= 11 is 0. The molecule has 0 bridgehead atoms. The van der Waals surface area contributed by atoms with Crippen molar-refractivity contribution in [1.82, 2.24) is 10.3 Å². The van der Waals surface area contributed by atoms with E-state index < -0.39 is 11.9 Å². The van der Waals surface area contributed by atoms with Crippen molar-refractivity contribution in [3.8, 4) is 5.88 Å². The molecule has 6 N–H and O–H groups in total. The largest absolute Gasteiger partial charge is 0.477 e. The van der Waals surface area contributed by atoms with Gasteiger partial charge in [-0.05, 0) is 30.9 Å². The number of halogens is 2. The van der Waals surface area contributed by atoms with E-state index >= 15 is 0 Å². The quantitative estimate of drug-likeness (QED) is 0.496. The number of amides is 1. The van der Waals surface area contributed by atoms with Crippen molar-refractivity contribution >= 4 is 17.6 Å². The number of rotatable bonds is 7. The number of aromatic carboxylic acids is 1. The molecule has 0 aromatic carbocycles. The number of ether oxygens (including phenoxy) is 1. The molecule has 9 nitrogen and oxygen atoms in total. The molecular formula is C18H25F2N5O4. The second-order valence-electron chi connectivity index (χ2n) is 7.90. The average molecular weight is 413 g/mol. The lowest BCUT2D eigenvalue weighted by Crippen LogP contribution is -2.66. The minimum absolute atomic E-state index is 0.132. The Balaban J connectivity index is 0.000000224. The lowest BCUT2D eigenvalue weighted by molar-refractivity contribution is -0.119. The van der Waals surface area contributed by atoms with E-state index in [0.29, 0.717) is 37.7 Å². The summed E-state index contributed by atoms with van der Waals surface area (Å²) in [4.78, 5) is 26.6.